The summed E-state index contributed by atoms with van der Waals surface area (Å²) in [4.78, 5) is 0. The van der Waals surface area contributed by atoms with E-state index in [1.807, 2.05) is 0 Å². The van der Waals surface area contributed by atoms with Gasteiger partial charge in [-0.05, 0) is 0 Å². The molecular weight excluding hydrogens is 164 g/mol. The van der Waals surface area contributed by atoms with Gasteiger partial charge in [0, 0.05) is 7.11 Å². The van der Waals surface area contributed by atoms with Crippen molar-refractivity contribution >= 4 is 0 Å². The Labute approximate surface area is 70.2 Å². The maximum Gasteiger partial charge on any atom is 0.186 e. The highest BCUT2D eigenvalue weighted by Gasteiger charge is 2.46. The molecule has 5 heteroatoms. The van der Waals surface area contributed by atoms with Gasteiger partial charge < -0.3 is 24.1 Å². The van der Waals surface area contributed by atoms with Gasteiger partial charge in [0.2, 0.25) is 0 Å². The lowest BCUT2D eigenvalue weighted by molar-refractivity contribution is -0.194. The van der Waals surface area contributed by atoms with E-state index in [2.05, 4.69) is 0 Å². The summed E-state index contributed by atoms with van der Waals surface area (Å²) < 4.78 is 20.4. The van der Waals surface area contributed by atoms with Gasteiger partial charge in [-0.15, -0.1) is 0 Å². The van der Waals surface area contributed by atoms with E-state index in [1.54, 1.807) is 0 Å². The minimum absolute atomic E-state index is 0.196. The van der Waals surface area contributed by atoms with E-state index in [4.69, 9.17) is 18.9 Å². The molecule has 0 radical (unpaired) electrons. The summed E-state index contributed by atoms with van der Waals surface area (Å²) in [6, 6.07) is 0. The van der Waals surface area contributed by atoms with E-state index in [0.29, 0.717) is 6.61 Å². The number of ether oxygens (including phenoxy) is 4. The Hall–Kier alpha value is -0.200. The molecule has 0 aromatic heterocycles. The molecule has 2 saturated heterocycles. The normalized spacial score (nSPS) is 47.5. The average molecular weight is 176 g/mol. The molecule has 2 rings (SSSR count). The Kier molecular flexibility index (Phi) is 2.29. The highest BCUT2D eigenvalue weighted by Crippen LogP contribution is 2.26. The molecule has 1 unspecified atom stereocenters. The third-order valence-corrected chi connectivity index (χ3v) is 2.15. The van der Waals surface area contributed by atoms with Crippen molar-refractivity contribution in [3.8, 4) is 0 Å². The number of methoxy groups -OCH3 is 1. The van der Waals surface area contributed by atoms with Crippen LogP contribution in [0.1, 0.15) is 0 Å². The largest absolute Gasteiger partial charge is 0.385 e. The van der Waals surface area contributed by atoms with Crippen molar-refractivity contribution in [1.29, 1.82) is 0 Å². The van der Waals surface area contributed by atoms with Gasteiger partial charge in [0.1, 0.15) is 25.1 Å². The summed E-state index contributed by atoms with van der Waals surface area (Å²) in [6.45, 7) is 0.680. The molecule has 5 nitrogen and oxygen atoms in total. The van der Waals surface area contributed by atoms with Crippen LogP contribution >= 0.6 is 0 Å². The summed E-state index contributed by atoms with van der Waals surface area (Å²) >= 11 is 0. The third kappa shape index (κ3) is 1.23. The minimum atomic E-state index is -0.705. The topological polar surface area (TPSA) is 57.2 Å². The second-order valence-corrected chi connectivity index (χ2v) is 2.89. The van der Waals surface area contributed by atoms with Gasteiger partial charge >= 0.3 is 0 Å². The van der Waals surface area contributed by atoms with Crippen LogP contribution in [0.15, 0.2) is 0 Å². The Morgan fingerprint density at radius 1 is 1.50 bits per heavy atom. The second-order valence-electron chi connectivity index (χ2n) is 2.89. The molecular formula is C7H12O5. The number of hydrogen-bond donors (Lipinski definition) is 1. The van der Waals surface area contributed by atoms with Crippen LogP contribution < -0.4 is 0 Å². The smallest absolute Gasteiger partial charge is 0.186 e. The van der Waals surface area contributed by atoms with Gasteiger partial charge in [0.15, 0.2) is 6.29 Å². The van der Waals surface area contributed by atoms with E-state index >= 15 is 0 Å². The molecule has 12 heavy (non-hydrogen) atoms. The minimum Gasteiger partial charge on any atom is -0.385 e. The summed E-state index contributed by atoms with van der Waals surface area (Å²) in [5.41, 5.74) is 0. The Morgan fingerprint density at radius 3 is 3.00 bits per heavy atom. The van der Waals surface area contributed by atoms with Crippen LogP contribution in [0.2, 0.25) is 0 Å². The van der Waals surface area contributed by atoms with Crippen molar-refractivity contribution in [1.82, 2.24) is 0 Å². The van der Waals surface area contributed by atoms with E-state index in [1.165, 1.54) is 7.11 Å². The van der Waals surface area contributed by atoms with Gasteiger partial charge in [-0.2, -0.15) is 0 Å². The lowest BCUT2D eigenvalue weighted by Gasteiger charge is -2.25. The lowest BCUT2D eigenvalue weighted by atomic mass is 10.1. The maximum atomic E-state index is 9.55. The van der Waals surface area contributed by atoms with Gasteiger partial charge in [-0.1, -0.05) is 0 Å². The molecule has 4 atom stereocenters. The molecule has 0 aromatic carbocycles. The molecule has 2 heterocycles. The second kappa shape index (κ2) is 3.27. The van der Waals surface area contributed by atoms with Crippen LogP contribution in [0, 0.1) is 0 Å². The molecule has 2 aliphatic heterocycles. The van der Waals surface area contributed by atoms with Gasteiger partial charge in [-0.25, -0.2) is 0 Å². The summed E-state index contributed by atoms with van der Waals surface area (Å²) in [6.07, 6.45) is -1.78. The van der Waals surface area contributed by atoms with Gasteiger partial charge in [0.25, 0.3) is 0 Å². The molecule has 70 valence electrons. The van der Waals surface area contributed by atoms with E-state index in [0.717, 1.165) is 0 Å². The fourth-order valence-electron chi connectivity index (χ4n) is 1.53. The Morgan fingerprint density at radius 2 is 2.33 bits per heavy atom. The molecule has 0 amide bonds. The first kappa shape index (κ1) is 8.40. The van der Waals surface area contributed by atoms with Crippen LogP contribution in [-0.2, 0) is 18.9 Å². The Balaban J connectivity index is 2.03. The van der Waals surface area contributed by atoms with Crippen molar-refractivity contribution in [2.75, 3.05) is 20.5 Å². The monoisotopic (exact) mass is 176 g/mol. The third-order valence-electron chi connectivity index (χ3n) is 2.15. The zero-order chi connectivity index (χ0) is 8.55. The molecule has 0 spiro atoms. The highest BCUT2D eigenvalue weighted by molar-refractivity contribution is 4.88. The average Bonchev–Trinajstić information content (AvgIpc) is 2.44. The zero-order valence-electron chi connectivity index (χ0n) is 6.80. The fraction of sp³-hybridized carbons (Fsp3) is 1.00. The first-order valence-corrected chi connectivity index (χ1v) is 3.88. The van der Waals surface area contributed by atoms with Crippen LogP contribution in [0.5, 0.6) is 0 Å². The number of rotatable bonds is 1. The maximum absolute atomic E-state index is 9.55. The van der Waals surface area contributed by atoms with Crippen molar-refractivity contribution in [3.63, 3.8) is 0 Å². The molecule has 2 fully saturated rings. The summed E-state index contributed by atoms with van der Waals surface area (Å²) in [7, 11) is 1.49. The molecule has 0 aromatic rings. The number of aliphatic hydroxyl groups is 1. The fourth-order valence-corrected chi connectivity index (χ4v) is 1.53. The van der Waals surface area contributed by atoms with Crippen LogP contribution in [0.4, 0.5) is 0 Å². The van der Waals surface area contributed by atoms with E-state index in [9.17, 15) is 5.11 Å². The van der Waals surface area contributed by atoms with Crippen molar-refractivity contribution in [2.24, 2.45) is 0 Å². The molecule has 1 N–H and O–H groups in total. The van der Waals surface area contributed by atoms with Crippen molar-refractivity contribution in [3.05, 3.63) is 0 Å². The zero-order valence-corrected chi connectivity index (χ0v) is 6.80. The summed E-state index contributed by atoms with van der Waals surface area (Å²) in [5, 5.41) is 9.55. The summed E-state index contributed by atoms with van der Waals surface area (Å²) in [5.74, 6) is 0. The quantitative estimate of drug-likeness (QED) is 0.560. The number of aliphatic hydroxyl groups excluding tert-OH is 1. The SMILES string of the molecule is CO[C@@H]1O[C@@H]2COCO[C@@H]2C1O. The van der Waals surface area contributed by atoms with Crippen LogP contribution in [0.25, 0.3) is 0 Å². The van der Waals surface area contributed by atoms with Crippen molar-refractivity contribution < 1.29 is 24.1 Å². The van der Waals surface area contributed by atoms with Crippen molar-refractivity contribution in [2.45, 2.75) is 24.6 Å². The Bertz CT molecular complexity index is 160. The molecule has 0 aliphatic carbocycles. The standard InChI is InChI=1S/C7H12O5/c1-9-7-5(8)6-4(12-7)2-10-3-11-6/h4-8H,2-3H2,1H3/t4-,5?,6+,7-/m1/s1. The predicted octanol–water partition coefficient (Wildman–Crippen LogP) is -0.909. The van der Waals surface area contributed by atoms with Crippen LogP contribution in [-0.4, -0.2) is 50.2 Å². The van der Waals surface area contributed by atoms with Crippen LogP contribution in [0.3, 0.4) is 0 Å². The highest BCUT2D eigenvalue weighted by atomic mass is 16.8. The first-order valence-electron chi connectivity index (χ1n) is 3.88. The predicted molar refractivity (Wildman–Crippen MR) is 37.4 cm³/mol. The van der Waals surface area contributed by atoms with Gasteiger partial charge in [0.05, 0.1) is 6.61 Å². The number of hydrogen-bond acceptors (Lipinski definition) is 5. The van der Waals surface area contributed by atoms with Gasteiger partial charge in [-0.3, -0.25) is 0 Å². The van der Waals surface area contributed by atoms with E-state index < -0.39 is 12.4 Å². The lowest BCUT2D eigenvalue weighted by Crippen LogP contribution is -2.41. The molecule has 2 aliphatic rings. The molecule has 0 saturated carbocycles. The molecule has 0 bridgehead atoms. The van der Waals surface area contributed by atoms with E-state index in [-0.39, 0.29) is 19.0 Å². The number of fused-ring (bicyclic) bond motifs is 1. The first-order chi connectivity index (χ1) is 5.83.